The molecule has 2 nitrogen and oxygen atoms in total. The van der Waals surface area contributed by atoms with Crippen LogP contribution in [0.4, 0.5) is 4.39 Å². The van der Waals surface area contributed by atoms with Gasteiger partial charge in [0.1, 0.15) is 12.0 Å². The summed E-state index contributed by atoms with van der Waals surface area (Å²) >= 11 is 0. The van der Waals surface area contributed by atoms with Crippen molar-refractivity contribution in [1.29, 1.82) is 0 Å². The maximum absolute atomic E-state index is 13.7. The largest absolute Gasteiger partial charge is 0.456 e. The molecule has 1 unspecified atom stereocenters. The topological polar surface area (TPSA) is 26.3 Å². The van der Waals surface area contributed by atoms with Gasteiger partial charge in [-0.25, -0.2) is 0 Å². The van der Waals surface area contributed by atoms with Crippen LogP contribution >= 0.6 is 0 Å². The average molecular weight is 230 g/mol. The molecule has 17 heavy (non-hydrogen) atoms. The van der Waals surface area contributed by atoms with Gasteiger partial charge in [-0.1, -0.05) is 30.3 Å². The van der Waals surface area contributed by atoms with Crippen molar-refractivity contribution in [2.45, 2.75) is 6.36 Å². The summed E-state index contributed by atoms with van der Waals surface area (Å²) in [4.78, 5) is 10.4. The van der Waals surface area contributed by atoms with Gasteiger partial charge in [-0.05, 0) is 24.3 Å². The van der Waals surface area contributed by atoms with Crippen LogP contribution in [0.5, 0.6) is 5.75 Å². The maximum Gasteiger partial charge on any atom is 0.264 e. The van der Waals surface area contributed by atoms with Gasteiger partial charge in [-0.15, -0.1) is 0 Å². The van der Waals surface area contributed by atoms with E-state index in [1.54, 1.807) is 48.5 Å². The summed E-state index contributed by atoms with van der Waals surface area (Å²) in [7, 11) is 0. The Hall–Kier alpha value is -2.16. The molecule has 0 amide bonds. The first-order valence-corrected chi connectivity index (χ1v) is 5.20. The van der Waals surface area contributed by atoms with Crippen LogP contribution < -0.4 is 4.74 Å². The highest BCUT2D eigenvalue weighted by atomic mass is 19.1. The van der Waals surface area contributed by atoms with E-state index in [1.165, 1.54) is 0 Å². The van der Waals surface area contributed by atoms with Crippen molar-refractivity contribution in [1.82, 2.24) is 0 Å². The number of hydrogen-bond acceptors (Lipinski definition) is 2. The Balaban J connectivity index is 2.07. The summed E-state index contributed by atoms with van der Waals surface area (Å²) < 4.78 is 18.8. The second kappa shape index (κ2) is 5.25. The van der Waals surface area contributed by atoms with Gasteiger partial charge < -0.3 is 4.74 Å². The zero-order valence-corrected chi connectivity index (χ0v) is 9.05. The molecule has 2 aromatic carbocycles. The number of hydrogen-bond donors (Lipinski definition) is 0. The average Bonchev–Trinajstić information content (AvgIpc) is 2.40. The Morgan fingerprint density at radius 1 is 1.00 bits per heavy atom. The first kappa shape index (κ1) is 11.3. The van der Waals surface area contributed by atoms with Crippen LogP contribution in [0.3, 0.4) is 0 Å². The predicted molar refractivity (Wildman–Crippen MR) is 62.7 cm³/mol. The van der Waals surface area contributed by atoms with E-state index in [-0.39, 0.29) is 0 Å². The molecule has 0 bridgehead atoms. The lowest BCUT2D eigenvalue weighted by Crippen LogP contribution is -2.01. The summed E-state index contributed by atoms with van der Waals surface area (Å²) in [5, 5.41) is 0. The van der Waals surface area contributed by atoms with Crippen LogP contribution in [0.1, 0.15) is 22.3 Å². The van der Waals surface area contributed by atoms with Crippen molar-refractivity contribution in [2.75, 3.05) is 0 Å². The van der Waals surface area contributed by atoms with Crippen LogP contribution in [0, 0.1) is 0 Å². The molecule has 0 aromatic heterocycles. The highest BCUT2D eigenvalue weighted by Gasteiger charge is 2.10. The van der Waals surface area contributed by atoms with Crippen molar-refractivity contribution in [3.05, 3.63) is 65.7 Å². The van der Waals surface area contributed by atoms with Gasteiger partial charge in [0.25, 0.3) is 6.36 Å². The molecule has 0 N–H and O–H groups in total. The molecule has 0 heterocycles. The van der Waals surface area contributed by atoms with Crippen molar-refractivity contribution in [3.63, 3.8) is 0 Å². The minimum absolute atomic E-state index is 0.395. The van der Waals surface area contributed by atoms with Gasteiger partial charge in [0, 0.05) is 11.1 Å². The van der Waals surface area contributed by atoms with Crippen LogP contribution in [0.2, 0.25) is 0 Å². The smallest absolute Gasteiger partial charge is 0.264 e. The molecular weight excluding hydrogens is 219 g/mol. The number of carbonyl (C=O) groups is 1. The quantitative estimate of drug-likeness (QED) is 0.751. The first-order chi connectivity index (χ1) is 8.29. The molecule has 3 heteroatoms. The minimum Gasteiger partial charge on any atom is -0.456 e. The van der Waals surface area contributed by atoms with Crippen molar-refractivity contribution in [2.24, 2.45) is 0 Å². The summed E-state index contributed by atoms with van der Waals surface area (Å²) in [5.41, 5.74) is 0.999. The van der Waals surface area contributed by atoms with E-state index in [0.717, 1.165) is 6.29 Å². The number of ether oxygens (including phenoxy) is 1. The van der Waals surface area contributed by atoms with Crippen LogP contribution in [0.15, 0.2) is 54.6 Å². The van der Waals surface area contributed by atoms with Crippen LogP contribution in [-0.4, -0.2) is 6.29 Å². The Labute approximate surface area is 98.7 Å². The number of halogens is 1. The van der Waals surface area contributed by atoms with Crippen molar-refractivity contribution in [3.8, 4) is 5.75 Å². The third-order valence-electron chi connectivity index (χ3n) is 2.32. The lowest BCUT2D eigenvalue weighted by molar-refractivity contribution is 0.0672. The molecule has 2 aromatic rings. The lowest BCUT2D eigenvalue weighted by Gasteiger charge is -2.11. The molecule has 0 fully saturated rings. The SMILES string of the molecule is O=Cc1ccc(OC(F)c2ccccc2)cc1. The summed E-state index contributed by atoms with van der Waals surface area (Å²) in [6, 6.07) is 14.9. The summed E-state index contributed by atoms with van der Waals surface area (Å²) in [5.74, 6) is 0.395. The van der Waals surface area contributed by atoms with E-state index in [1.807, 2.05) is 6.07 Å². The Kier molecular flexibility index (Phi) is 3.50. The lowest BCUT2D eigenvalue weighted by atomic mass is 10.2. The highest BCUT2D eigenvalue weighted by Crippen LogP contribution is 2.22. The van der Waals surface area contributed by atoms with Gasteiger partial charge >= 0.3 is 0 Å². The Morgan fingerprint density at radius 2 is 1.65 bits per heavy atom. The first-order valence-electron chi connectivity index (χ1n) is 5.20. The summed E-state index contributed by atoms with van der Waals surface area (Å²) in [6.07, 6.45) is -0.772. The molecule has 0 aliphatic rings. The highest BCUT2D eigenvalue weighted by molar-refractivity contribution is 5.74. The second-order valence-corrected chi connectivity index (χ2v) is 3.53. The molecular formula is C14H11FO2. The number of benzene rings is 2. The fourth-order valence-electron chi connectivity index (χ4n) is 1.42. The number of alkyl halides is 1. The van der Waals surface area contributed by atoms with Gasteiger partial charge in [0.05, 0.1) is 0 Å². The predicted octanol–water partition coefficient (Wildman–Crippen LogP) is 3.55. The fraction of sp³-hybridized carbons (Fsp3) is 0.0714. The van der Waals surface area contributed by atoms with Crippen LogP contribution in [-0.2, 0) is 0 Å². The van der Waals surface area contributed by atoms with Crippen molar-refractivity contribution >= 4 is 6.29 Å². The maximum atomic E-state index is 13.7. The molecule has 0 radical (unpaired) electrons. The van der Waals surface area contributed by atoms with Gasteiger partial charge in [-0.2, -0.15) is 4.39 Å². The molecule has 86 valence electrons. The molecule has 0 aliphatic carbocycles. The minimum atomic E-state index is -1.50. The van der Waals surface area contributed by atoms with Gasteiger partial charge in [0.2, 0.25) is 0 Å². The molecule has 0 spiro atoms. The number of carbonyl (C=O) groups excluding carboxylic acids is 1. The van der Waals surface area contributed by atoms with E-state index >= 15 is 0 Å². The zero-order chi connectivity index (χ0) is 12.1. The Bertz CT molecular complexity index is 479. The number of rotatable bonds is 4. The number of aldehydes is 1. The van der Waals surface area contributed by atoms with Crippen molar-refractivity contribution < 1.29 is 13.9 Å². The molecule has 0 saturated carbocycles. The fourth-order valence-corrected chi connectivity index (χ4v) is 1.42. The zero-order valence-electron chi connectivity index (χ0n) is 9.05. The van der Waals surface area contributed by atoms with E-state index in [2.05, 4.69) is 0 Å². The molecule has 1 atom stereocenters. The van der Waals surface area contributed by atoms with E-state index in [4.69, 9.17) is 4.74 Å². The van der Waals surface area contributed by atoms with E-state index < -0.39 is 6.36 Å². The van der Waals surface area contributed by atoms with E-state index in [0.29, 0.717) is 16.9 Å². The second-order valence-electron chi connectivity index (χ2n) is 3.53. The standard InChI is InChI=1S/C14H11FO2/c15-14(12-4-2-1-3-5-12)17-13-8-6-11(10-16)7-9-13/h1-10,14H. The monoisotopic (exact) mass is 230 g/mol. The summed E-state index contributed by atoms with van der Waals surface area (Å²) in [6.45, 7) is 0. The third-order valence-corrected chi connectivity index (χ3v) is 2.32. The van der Waals surface area contributed by atoms with Crippen LogP contribution in [0.25, 0.3) is 0 Å². The Morgan fingerprint density at radius 3 is 2.24 bits per heavy atom. The van der Waals surface area contributed by atoms with Gasteiger partial charge in [-0.3, -0.25) is 4.79 Å². The molecule has 2 rings (SSSR count). The molecule has 0 aliphatic heterocycles. The van der Waals surface area contributed by atoms with Gasteiger partial charge in [0.15, 0.2) is 0 Å². The third kappa shape index (κ3) is 2.91. The molecule has 0 saturated heterocycles. The normalized spacial score (nSPS) is 11.8. The van der Waals surface area contributed by atoms with E-state index in [9.17, 15) is 9.18 Å².